The van der Waals surface area contributed by atoms with Crippen LogP contribution < -0.4 is 4.90 Å². The molecule has 2 amide bonds. The quantitative estimate of drug-likeness (QED) is 0.600. The van der Waals surface area contributed by atoms with Crippen molar-refractivity contribution >= 4 is 23.5 Å². The number of hydrogen-bond donors (Lipinski definition) is 0. The second kappa shape index (κ2) is 6.01. The number of hydrogen-bond acceptors (Lipinski definition) is 5. The van der Waals surface area contributed by atoms with E-state index in [1.165, 1.54) is 36.3 Å². The van der Waals surface area contributed by atoms with Crippen molar-refractivity contribution in [1.29, 1.82) is 0 Å². The van der Waals surface area contributed by atoms with Gasteiger partial charge in [-0.15, -0.1) is 0 Å². The number of carbonyl (C=O) groups is 3. The first kappa shape index (κ1) is 15.1. The zero-order valence-electron chi connectivity index (χ0n) is 11.7. The third kappa shape index (κ3) is 3.08. The van der Waals surface area contributed by atoms with Gasteiger partial charge in [0.25, 0.3) is 5.91 Å². The largest absolute Gasteiger partial charge is 0.468 e. The Kier molecular flexibility index (Phi) is 4.32. The van der Waals surface area contributed by atoms with Gasteiger partial charge in [-0.25, -0.2) is 9.29 Å². The summed E-state index contributed by atoms with van der Waals surface area (Å²) in [5, 5.41) is 0. The van der Waals surface area contributed by atoms with Crippen molar-refractivity contribution in [3.63, 3.8) is 0 Å². The molecule has 21 heavy (non-hydrogen) atoms. The summed E-state index contributed by atoms with van der Waals surface area (Å²) in [7, 11) is 2.82. The molecule has 0 aliphatic carbocycles. The monoisotopic (exact) mass is 294 g/mol. The normalized spacial score (nSPS) is 18.5. The molecule has 1 aliphatic heterocycles. The SMILES string of the molecule is COC(=O)CN(C)[C@H]1CC(=O)N(c2ccc(F)cc2)C1=O. The number of esters is 1. The summed E-state index contributed by atoms with van der Waals surface area (Å²) in [6.45, 7) is -0.0859. The molecule has 0 radical (unpaired) electrons. The second-order valence-electron chi connectivity index (χ2n) is 4.75. The van der Waals surface area contributed by atoms with Crippen LogP contribution in [0.5, 0.6) is 0 Å². The van der Waals surface area contributed by atoms with Crippen LogP contribution in [0.3, 0.4) is 0 Å². The van der Waals surface area contributed by atoms with E-state index < -0.39 is 23.7 Å². The van der Waals surface area contributed by atoms with E-state index in [1.807, 2.05) is 0 Å². The number of benzene rings is 1. The lowest BCUT2D eigenvalue weighted by Crippen LogP contribution is -2.42. The number of methoxy groups -OCH3 is 1. The van der Waals surface area contributed by atoms with Gasteiger partial charge in [0, 0.05) is 0 Å². The second-order valence-corrected chi connectivity index (χ2v) is 4.75. The maximum Gasteiger partial charge on any atom is 0.319 e. The molecular weight excluding hydrogens is 279 g/mol. The van der Waals surface area contributed by atoms with Crippen LogP contribution in [0.1, 0.15) is 6.42 Å². The van der Waals surface area contributed by atoms with Crippen LogP contribution in [0.15, 0.2) is 24.3 Å². The standard InChI is InChI=1S/C14H15FN2O4/c1-16(8-13(19)21-2)11-7-12(18)17(14(11)20)10-5-3-9(15)4-6-10/h3-6,11H,7-8H2,1-2H3/t11-/m0/s1. The molecular formula is C14H15FN2O4. The molecule has 1 aliphatic rings. The Morgan fingerprint density at radius 2 is 2.00 bits per heavy atom. The summed E-state index contributed by atoms with van der Waals surface area (Å²) >= 11 is 0. The number of halogens is 1. The molecule has 1 aromatic rings. The van der Waals surface area contributed by atoms with E-state index in [2.05, 4.69) is 4.74 Å². The number of likely N-dealkylation sites (N-methyl/N-ethyl adjacent to an activating group) is 1. The first-order valence-electron chi connectivity index (χ1n) is 6.33. The van der Waals surface area contributed by atoms with E-state index in [0.29, 0.717) is 5.69 Å². The summed E-state index contributed by atoms with van der Waals surface area (Å²) in [4.78, 5) is 38.1. The molecule has 7 heteroatoms. The highest BCUT2D eigenvalue weighted by molar-refractivity contribution is 6.22. The minimum atomic E-state index is -0.721. The predicted molar refractivity (Wildman–Crippen MR) is 71.9 cm³/mol. The highest BCUT2D eigenvalue weighted by Gasteiger charge is 2.42. The first-order valence-corrected chi connectivity index (χ1v) is 6.33. The van der Waals surface area contributed by atoms with Gasteiger partial charge in [0.15, 0.2) is 0 Å². The third-order valence-electron chi connectivity index (χ3n) is 3.35. The number of carbonyl (C=O) groups excluding carboxylic acids is 3. The van der Waals surface area contributed by atoms with Gasteiger partial charge >= 0.3 is 5.97 Å². The van der Waals surface area contributed by atoms with Crippen LogP contribution in [0, 0.1) is 5.82 Å². The highest BCUT2D eigenvalue weighted by Crippen LogP contribution is 2.25. The third-order valence-corrected chi connectivity index (χ3v) is 3.35. The molecule has 0 bridgehead atoms. The fourth-order valence-electron chi connectivity index (χ4n) is 2.20. The van der Waals surface area contributed by atoms with Crippen LogP contribution in [-0.2, 0) is 19.1 Å². The van der Waals surface area contributed by atoms with Gasteiger partial charge < -0.3 is 4.74 Å². The lowest BCUT2D eigenvalue weighted by atomic mass is 10.2. The van der Waals surface area contributed by atoms with E-state index in [1.54, 1.807) is 7.05 Å². The van der Waals surface area contributed by atoms with Crippen molar-refractivity contribution in [2.45, 2.75) is 12.5 Å². The van der Waals surface area contributed by atoms with Crippen molar-refractivity contribution in [2.24, 2.45) is 0 Å². The van der Waals surface area contributed by atoms with Gasteiger partial charge in [-0.05, 0) is 31.3 Å². The van der Waals surface area contributed by atoms with Crippen LogP contribution in [0.4, 0.5) is 10.1 Å². The molecule has 1 fully saturated rings. The van der Waals surface area contributed by atoms with Gasteiger partial charge in [0.1, 0.15) is 5.82 Å². The van der Waals surface area contributed by atoms with Crippen LogP contribution in [-0.4, -0.2) is 49.4 Å². The zero-order chi connectivity index (χ0) is 15.6. The van der Waals surface area contributed by atoms with Gasteiger partial charge in [0.05, 0.1) is 31.8 Å². The molecule has 2 rings (SSSR count). The van der Waals surface area contributed by atoms with Crippen molar-refractivity contribution in [2.75, 3.05) is 25.6 Å². The lowest BCUT2D eigenvalue weighted by molar-refractivity contribution is -0.142. The molecule has 0 N–H and O–H groups in total. The van der Waals surface area contributed by atoms with Crippen molar-refractivity contribution < 1.29 is 23.5 Å². The fourth-order valence-corrected chi connectivity index (χ4v) is 2.20. The van der Waals surface area contributed by atoms with Crippen molar-refractivity contribution in [3.05, 3.63) is 30.1 Å². The van der Waals surface area contributed by atoms with Crippen molar-refractivity contribution in [1.82, 2.24) is 4.90 Å². The van der Waals surface area contributed by atoms with Gasteiger partial charge in [0.2, 0.25) is 5.91 Å². The number of anilines is 1. The number of rotatable bonds is 4. The minimum absolute atomic E-state index is 0.0241. The lowest BCUT2D eigenvalue weighted by Gasteiger charge is -2.21. The van der Waals surface area contributed by atoms with E-state index in [4.69, 9.17) is 0 Å². The topological polar surface area (TPSA) is 66.9 Å². The van der Waals surface area contributed by atoms with Crippen LogP contribution in [0.2, 0.25) is 0 Å². The van der Waals surface area contributed by atoms with Gasteiger partial charge in [-0.3, -0.25) is 19.3 Å². The zero-order valence-corrected chi connectivity index (χ0v) is 11.7. The van der Waals surface area contributed by atoms with Crippen LogP contribution in [0.25, 0.3) is 0 Å². The van der Waals surface area contributed by atoms with Gasteiger partial charge in [-0.2, -0.15) is 0 Å². The predicted octanol–water partition coefficient (Wildman–Crippen LogP) is 0.562. The Morgan fingerprint density at radius 3 is 2.57 bits per heavy atom. The van der Waals surface area contributed by atoms with Gasteiger partial charge in [-0.1, -0.05) is 0 Å². The maximum absolute atomic E-state index is 12.9. The fraction of sp³-hybridized carbons (Fsp3) is 0.357. The average molecular weight is 294 g/mol. The van der Waals surface area contributed by atoms with Crippen molar-refractivity contribution in [3.8, 4) is 0 Å². The summed E-state index contributed by atoms with van der Waals surface area (Å²) in [6.07, 6.45) is -0.0241. The minimum Gasteiger partial charge on any atom is -0.468 e. The molecule has 1 heterocycles. The number of imide groups is 1. The Morgan fingerprint density at radius 1 is 1.38 bits per heavy atom. The molecule has 1 atom stereocenters. The molecule has 0 saturated carbocycles. The Labute approximate surface area is 121 Å². The summed E-state index contributed by atoms with van der Waals surface area (Å²) in [6, 6.07) is 4.38. The number of amides is 2. The molecule has 1 aromatic carbocycles. The van der Waals surface area contributed by atoms with E-state index in [0.717, 1.165) is 4.90 Å². The summed E-state index contributed by atoms with van der Waals surface area (Å²) in [5.41, 5.74) is 0.320. The Balaban J connectivity index is 2.16. The summed E-state index contributed by atoms with van der Waals surface area (Å²) in [5.74, 6) is -1.75. The molecule has 0 unspecified atom stereocenters. The molecule has 6 nitrogen and oxygen atoms in total. The van der Waals surface area contributed by atoms with E-state index in [9.17, 15) is 18.8 Å². The summed E-state index contributed by atoms with van der Waals surface area (Å²) < 4.78 is 17.4. The highest BCUT2D eigenvalue weighted by atomic mass is 19.1. The molecule has 1 saturated heterocycles. The maximum atomic E-state index is 12.9. The van der Waals surface area contributed by atoms with E-state index >= 15 is 0 Å². The first-order chi connectivity index (χ1) is 9.93. The molecule has 112 valence electrons. The van der Waals surface area contributed by atoms with Crippen LogP contribution >= 0.6 is 0 Å². The number of nitrogens with zero attached hydrogens (tertiary/aromatic N) is 2. The Hall–Kier alpha value is -2.28. The van der Waals surface area contributed by atoms with E-state index in [-0.39, 0.29) is 18.9 Å². The molecule has 0 aromatic heterocycles. The molecule has 0 spiro atoms. The average Bonchev–Trinajstić information content (AvgIpc) is 2.75. The smallest absolute Gasteiger partial charge is 0.319 e. The Bertz CT molecular complexity index is 573. The number of ether oxygens (including phenoxy) is 1.